The summed E-state index contributed by atoms with van der Waals surface area (Å²) in [5.74, 6) is -1.38. The fourth-order valence-electron chi connectivity index (χ4n) is 2.85. The lowest BCUT2D eigenvalue weighted by Crippen LogP contribution is -2.23. The number of hydrogen-bond acceptors (Lipinski definition) is 4. The molecule has 4 rings (SSSR count). The SMILES string of the molecule is Cc1cc(F)c(Cn2nc3c(N)nc4ccccc4n3c2=O)c(F)c1. The second kappa shape index (κ2) is 5.37. The van der Waals surface area contributed by atoms with Crippen molar-refractivity contribution in [2.75, 3.05) is 5.73 Å². The third-order valence-corrected chi connectivity index (χ3v) is 4.03. The zero-order chi connectivity index (χ0) is 17.7. The van der Waals surface area contributed by atoms with Crippen molar-refractivity contribution in [2.24, 2.45) is 0 Å². The molecule has 126 valence electrons. The molecule has 8 heteroatoms. The Morgan fingerprint density at radius 3 is 2.56 bits per heavy atom. The van der Waals surface area contributed by atoms with Crippen LogP contribution in [0.15, 0.2) is 41.2 Å². The Kier molecular flexibility index (Phi) is 3.28. The van der Waals surface area contributed by atoms with Gasteiger partial charge in [0.2, 0.25) is 5.65 Å². The van der Waals surface area contributed by atoms with E-state index in [1.807, 2.05) is 0 Å². The number of para-hydroxylation sites is 2. The minimum absolute atomic E-state index is 0.0689. The van der Waals surface area contributed by atoms with E-state index in [4.69, 9.17) is 5.73 Å². The van der Waals surface area contributed by atoms with Gasteiger partial charge in [0.25, 0.3) is 0 Å². The summed E-state index contributed by atoms with van der Waals surface area (Å²) >= 11 is 0. The van der Waals surface area contributed by atoms with Crippen molar-refractivity contribution in [1.29, 1.82) is 0 Å². The summed E-state index contributed by atoms with van der Waals surface area (Å²) in [7, 11) is 0. The lowest BCUT2D eigenvalue weighted by atomic mass is 10.1. The topological polar surface area (TPSA) is 78.2 Å². The van der Waals surface area contributed by atoms with E-state index >= 15 is 0 Å². The summed E-state index contributed by atoms with van der Waals surface area (Å²) in [4.78, 5) is 16.9. The van der Waals surface area contributed by atoms with Crippen molar-refractivity contribution in [3.63, 3.8) is 0 Å². The van der Waals surface area contributed by atoms with E-state index in [-0.39, 0.29) is 23.6 Å². The van der Waals surface area contributed by atoms with Crippen LogP contribution in [0.4, 0.5) is 14.6 Å². The molecule has 0 fully saturated rings. The second-order valence-electron chi connectivity index (χ2n) is 5.79. The number of nitrogen functional groups attached to an aromatic ring is 1. The van der Waals surface area contributed by atoms with Gasteiger partial charge in [-0.25, -0.2) is 27.6 Å². The van der Waals surface area contributed by atoms with Crippen LogP contribution in [0.2, 0.25) is 0 Å². The standard InChI is InChI=1S/C17H13F2N5O/c1-9-6-11(18)10(12(19)7-9)8-23-17(25)24-14-5-3-2-4-13(14)21-15(20)16(24)22-23/h2-7H,8H2,1H3,(H2,20,21). The molecule has 0 spiro atoms. The highest BCUT2D eigenvalue weighted by molar-refractivity contribution is 5.81. The number of anilines is 1. The van der Waals surface area contributed by atoms with Gasteiger partial charge in [-0.3, -0.25) is 0 Å². The summed E-state index contributed by atoms with van der Waals surface area (Å²) in [6.45, 7) is 1.25. The molecule has 6 nitrogen and oxygen atoms in total. The Balaban J connectivity index is 1.96. The zero-order valence-corrected chi connectivity index (χ0v) is 13.2. The normalized spacial score (nSPS) is 11.5. The summed E-state index contributed by atoms with van der Waals surface area (Å²) in [5, 5.41) is 4.11. The van der Waals surface area contributed by atoms with Crippen molar-refractivity contribution in [3.05, 3.63) is 69.6 Å². The molecule has 2 aromatic carbocycles. The van der Waals surface area contributed by atoms with Gasteiger partial charge in [-0.15, -0.1) is 5.10 Å². The van der Waals surface area contributed by atoms with Gasteiger partial charge in [-0.2, -0.15) is 0 Å². The Hall–Kier alpha value is -3.29. The predicted octanol–water partition coefficient (Wildman–Crippen LogP) is 2.26. The van der Waals surface area contributed by atoms with E-state index in [0.717, 1.165) is 4.68 Å². The monoisotopic (exact) mass is 341 g/mol. The van der Waals surface area contributed by atoms with Crippen LogP contribution < -0.4 is 11.4 Å². The first kappa shape index (κ1) is 15.3. The number of rotatable bonds is 2. The quantitative estimate of drug-likeness (QED) is 0.607. The third-order valence-electron chi connectivity index (χ3n) is 4.03. The molecule has 0 unspecified atom stereocenters. The predicted molar refractivity (Wildman–Crippen MR) is 89.4 cm³/mol. The number of aryl methyl sites for hydroxylation is 1. The van der Waals surface area contributed by atoms with E-state index in [1.165, 1.54) is 16.5 Å². The molecule has 4 aromatic rings. The Labute approximate surface area is 140 Å². The first-order chi connectivity index (χ1) is 12.0. The van der Waals surface area contributed by atoms with Gasteiger partial charge in [0.15, 0.2) is 5.82 Å². The van der Waals surface area contributed by atoms with Crippen molar-refractivity contribution in [1.82, 2.24) is 19.2 Å². The zero-order valence-electron chi connectivity index (χ0n) is 13.2. The number of nitrogens with two attached hydrogens (primary N) is 1. The van der Waals surface area contributed by atoms with E-state index in [1.54, 1.807) is 31.2 Å². The average molecular weight is 341 g/mol. The molecule has 0 atom stereocenters. The number of fused-ring (bicyclic) bond motifs is 3. The maximum Gasteiger partial charge on any atom is 0.351 e. The average Bonchev–Trinajstić information content (AvgIpc) is 2.89. The fourth-order valence-corrected chi connectivity index (χ4v) is 2.85. The van der Waals surface area contributed by atoms with Crippen LogP contribution in [0, 0.1) is 18.6 Å². The molecule has 0 bridgehead atoms. The molecule has 0 aliphatic carbocycles. The van der Waals surface area contributed by atoms with Crippen molar-refractivity contribution >= 4 is 22.5 Å². The number of benzene rings is 2. The maximum atomic E-state index is 14.1. The number of aromatic nitrogens is 4. The molecule has 0 saturated carbocycles. The minimum Gasteiger partial charge on any atom is -0.381 e. The Bertz CT molecular complexity index is 1170. The molecule has 0 amide bonds. The first-order valence-corrected chi connectivity index (χ1v) is 7.54. The number of nitrogens with zero attached hydrogens (tertiary/aromatic N) is 4. The molecule has 0 aliphatic heterocycles. The van der Waals surface area contributed by atoms with Crippen LogP contribution in [-0.4, -0.2) is 19.2 Å². The fraction of sp³-hybridized carbons (Fsp3) is 0.118. The van der Waals surface area contributed by atoms with Gasteiger partial charge < -0.3 is 5.73 Å². The highest BCUT2D eigenvalue weighted by Gasteiger charge is 2.17. The van der Waals surface area contributed by atoms with Gasteiger partial charge in [-0.1, -0.05) is 12.1 Å². The third kappa shape index (κ3) is 2.34. The van der Waals surface area contributed by atoms with Crippen LogP contribution in [0.3, 0.4) is 0 Å². The van der Waals surface area contributed by atoms with E-state index in [2.05, 4.69) is 10.1 Å². The molecule has 2 N–H and O–H groups in total. The van der Waals surface area contributed by atoms with Gasteiger partial charge >= 0.3 is 5.69 Å². The lowest BCUT2D eigenvalue weighted by molar-refractivity contribution is 0.527. The van der Waals surface area contributed by atoms with Crippen molar-refractivity contribution < 1.29 is 8.78 Å². The first-order valence-electron chi connectivity index (χ1n) is 7.54. The molecule has 25 heavy (non-hydrogen) atoms. The van der Waals surface area contributed by atoms with Crippen LogP contribution in [0.5, 0.6) is 0 Å². The molecule has 2 heterocycles. The van der Waals surface area contributed by atoms with Gasteiger partial charge in [0.05, 0.1) is 17.6 Å². The van der Waals surface area contributed by atoms with Crippen LogP contribution in [0.25, 0.3) is 16.7 Å². The Morgan fingerprint density at radius 2 is 1.84 bits per heavy atom. The van der Waals surface area contributed by atoms with E-state index in [9.17, 15) is 13.6 Å². The molecule has 2 aromatic heterocycles. The smallest absolute Gasteiger partial charge is 0.351 e. The minimum atomic E-state index is -0.725. The second-order valence-corrected chi connectivity index (χ2v) is 5.79. The number of hydrogen-bond donors (Lipinski definition) is 1. The molecule has 0 saturated heterocycles. The van der Waals surface area contributed by atoms with Crippen molar-refractivity contribution in [2.45, 2.75) is 13.5 Å². The molecule has 0 aliphatic rings. The Morgan fingerprint density at radius 1 is 1.16 bits per heavy atom. The van der Waals surface area contributed by atoms with Gasteiger partial charge in [0.1, 0.15) is 11.6 Å². The van der Waals surface area contributed by atoms with Gasteiger partial charge in [-0.05, 0) is 36.8 Å². The number of halogens is 2. The molecular weight excluding hydrogens is 328 g/mol. The maximum absolute atomic E-state index is 14.1. The van der Waals surface area contributed by atoms with E-state index in [0.29, 0.717) is 16.6 Å². The van der Waals surface area contributed by atoms with Gasteiger partial charge in [0, 0.05) is 5.56 Å². The highest BCUT2D eigenvalue weighted by Crippen LogP contribution is 2.18. The van der Waals surface area contributed by atoms with Crippen molar-refractivity contribution in [3.8, 4) is 0 Å². The largest absolute Gasteiger partial charge is 0.381 e. The highest BCUT2D eigenvalue weighted by atomic mass is 19.1. The summed E-state index contributed by atoms with van der Waals surface area (Å²) < 4.78 is 30.5. The van der Waals surface area contributed by atoms with Crippen LogP contribution in [-0.2, 0) is 6.54 Å². The summed E-state index contributed by atoms with van der Waals surface area (Å²) in [5.41, 5.74) is 6.77. The summed E-state index contributed by atoms with van der Waals surface area (Å²) in [6, 6.07) is 9.37. The lowest BCUT2D eigenvalue weighted by Gasteiger charge is -2.05. The summed E-state index contributed by atoms with van der Waals surface area (Å²) in [6.07, 6.45) is 0. The van der Waals surface area contributed by atoms with Crippen LogP contribution >= 0.6 is 0 Å². The van der Waals surface area contributed by atoms with Crippen LogP contribution in [0.1, 0.15) is 11.1 Å². The van der Waals surface area contributed by atoms with E-state index < -0.39 is 17.3 Å². The molecular formula is C17H13F2N5O. The molecule has 0 radical (unpaired) electrons.